The lowest BCUT2D eigenvalue weighted by molar-refractivity contribution is 0.366. The first-order valence-electron chi connectivity index (χ1n) is 7.68. The van der Waals surface area contributed by atoms with Crippen molar-refractivity contribution in [3.05, 3.63) is 41.0 Å². The first kappa shape index (κ1) is 13.4. The van der Waals surface area contributed by atoms with Crippen LogP contribution in [-0.2, 0) is 32.5 Å². The van der Waals surface area contributed by atoms with Crippen LogP contribution in [0.2, 0.25) is 0 Å². The van der Waals surface area contributed by atoms with Gasteiger partial charge in [-0.05, 0) is 37.3 Å². The summed E-state index contributed by atoms with van der Waals surface area (Å²) < 4.78 is 7.68. The van der Waals surface area contributed by atoms with Gasteiger partial charge in [0, 0.05) is 44.0 Å². The van der Waals surface area contributed by atoms with Crippen LogP contribution in [0.4, 0.5) is 0 Å². The van der Waals surface area contributed by atoms with Crippen LogP contribution in [0.5, 0.6) is 0 Å². The third-order valence-corrected chi connectivity index (χ3v) is 3.95. The summed E-state index contributed by atoms with van der Waals surface area (Å²) in [6.07, 6.45) is 10.2. The fraction of sp³-hybridized carbons (Fsp3) is 0.562. The Morgan fingerprint density at radius 2 is 2.20 bits per heavy atom. The Morgan fingerprint density at radius 3 is 3.10 bits per heavy atom. The standard InChI is InChI=1S/C16H23N3O/c1-2-8-19-9-7-13(12-19)10-17-11-15-14-5-3-4-6-16(14)20-18-15/h7,9,12,17H,2-6,8,10-11H2,1H3. The van der Waals surface area contributed by atoms with Crippen LogP contribution in [0, 0.1) is 0 Å². The van der Waals surface area contributed by atoms with Crippen molar-refractivity contribution < 1.29 is 4.52 Å². The summed E-state index contributed by atoms with van der Waals surface area (Å²) >= 11 is 0. The number of nitrogens with zero attached hydrogens (tertiary/aromatic N) is 2. The SMILES string of the molecule is CCCn1ccc(CNCc2noc3c2CCCC3)c1. The third-order valence-electron chi connectivity index (χ3n) is 3.95. The predicted octanol–water partition coefficient (Wildman–Crippen LogP) is 3.05. The van der Waals surface area contributed by atoms with Crippen LogP contribution < -0.4 is 5.32 Å². The predicted molar refractivity (Wildman–Crippen MR) is 78.4 cm³/mol. The van der Waals surface area contributed by atoms with E-state index in [2.05, 4.69) is 40.4 Å². The van der Waals surface area contributed by atoms with E-state index in [1.54, 1.807) is 0 Å². The fourth-order valence-electron chi connectivity index (χ4n) is 2.91. The number of hydrogen-bond donors (Lipinski definition) is 1. The van der Waals surface area contributed by atoms with Crippen molar-refractivity contribution in [2.75, 3.05) is 0 Å². The van der Waals surface area contributed by atoms with Crippen LogP contribution >= 0.6 is 0 Å². The largest absolute Gasteiger partial charge is 0.361 e. The van der Waals surface area contributed by atoms with Crippen LogP contribution in [0.3, 0.4) is 0 Å². The lowest BCUT2D eigenvalue weighted by Crippen LogP contribution is -2.14. The van der Waals surface area contributed by atoms with Crippen molar-refractivity contribution in [2.24, 2.45) is 0 Å². The van der Waals surface area contributed by atoms with Crippen molar-refractivity contribution in [3.63, 3.8) is 0 Å². The van der Waals surface area contributed by atoms with E-state index < -0.39 is 0 Å². The van der Waals surface area contributed by atoms with E-state index in [9.17, 15) is 0 Å². The lowest BCUT2D eigenvalue weighted by Gasteiger charge is -2.09. The molecule has 2 aromatic rings. The summed E-state index contributed by atoms with van der Waals surface area (Å²) in [6, 6.07) is 2.18. The quantitative estimate of drug-likeness (QED) is 0.879. The summed E-state index contributed by atoms with van der Waals surface area (Å²) in [4.78, 5) is 0. The molecule has 0 fully saturated rings. The number of rotatable bonds is 6. The van der Waals surface area contributed by atoms with Gasteiger partial charge in [0.2, 0.25) is 0 Å². The zero-order chi connectivity index (χ0) is 13.8. The molecule has 1 N–H and O–H groups in total. The van der Waals surface area contributed by atoms with E-state index in [4.69, 9.17) is 4.52 Å². The van der Waals surface area contributed by atoms with Gasteiger partial charge in [-0.3, -0.25) is 0 Å². The maximum atomic E-state index is 5.43. The monoisotopic (exact) mass is 273 g/mol. The fourth-order valence-corrected chi connectivity index (χ4v) is 2.91. The number of aryl methyl sites for hydroxylation is 2. The van der Waals surface area contributed by atoms with Crippen LogP contribution in [-0.4, -0.2) is 9.72 Å². The van der Waals surface area contributed by atoms with Crippen molar-refractivity contribution in [1.82, 2.24) is 15.0 Å². The highest BCUT2D eigenvalue weighted by molar-refractivity contribution is 5.25. The molecule has 0 aliphatic heterocycles. The number of aromatic nitrogens is 2. The molecular weight excluding hydrogens is 250 g/mol. The molecular formula is C16H23N3O. The average molecular weight is 273 g/mol. The van der Waals surface area contributed by atoms with Gasteiger partial charge in [-0.2, -0.15) is 0 Å². The van der Waals surface area contributed by atoms with Gasteiger partial charge < -0.3 is 14.4 Å². The Labute approximate surface area is 120 Å². The van der Waals surface area contributed by atoms with Gasteiger partial charge in [0.25, 0.3) is 0 Å². The van der Waals surface area contributed by atoms with Crippen LogP contribution in [0.1, 0.15) is 48.8 Å². The zero-order valence-corrected chi connectivity index (χ0v) is 12.2. The minimum absolute atomic E-state index is 0.803. The molecule has 0 bridgehead atoms. The minimum atomic E-state index is 0.803. The topological polar surface area (TPSA) is 43.0 Å². The molecule has 4 nitrogen and oxygen atoms in total. The molecule has 0 unspecified atom stereocenters. The molecule has 0 saturated heterocycles. The summed E-state index contributed by atoms with van der Waals surface area (Å²) in [5.74, 6) is 1.11. The van der Waals surface area contributed by atoms with Crippen molar-refractivity contribution in [3.8, 4) is 0 Å². The highest BCUT2D eigenvalue weighted by Gasteiger charge is 2.18. The maximum absolute atomic E-state index is 5.43. The van der Waals surface area contributed by atoms with E-state index >= 15 is 0 Å². The molecule has 0 spiro atoms. The Balaban J connectivity index is 1.53. The molecule has 3 rings (SSSR count). The smallest absolute Gasteiger partial charge is 0.140 e. The second kappa shape index (κ2) is 6.27. The van der Waals surface area contributed by atoms with Crippen molar-refractivity contribution in [2.45, 2.75) is 58.7 Å². The van der Waals surface area contributed by atoms with Gasteiger partial charge in [0.15, 0.2) is 0 Å². The number of nitrogens with one attached hydrogen (secondary N) is 1. The van der Waals surface area contributed by atoms with E-state index in [0.717, 1.165) is 43.9 Å². The summed E-state index contributed by atoms with van der Waals surface area (Å²) in [5.41, 5.74) is 3.79. The average Bonchev–Trinajstić information content (AvgIpc) is 3.07. The molecule has 2 heterocycles. The molecule has 0 aromatic carbocycles. The molecule has 2 aromatic heterocycles. The second-order valence-electron chi connectivity index (χ2n) is 5.60. The molecule has 0 radical (unpaired) electrons. The van der Waals surface area contributed by atoms with E-state index in [0.29, 0.717) is 0 Å². The van der Waals surface area contributed by atoms with Crippen LogP contribution in [0.15, 0.2) is 23.0 Å². The molecule has 1 aliphatic carbocycles. The van der Waals surface area contributed by atoms with Gasteiger partial charge in [0.05, 0.1) is 0 Å². The number of hydrogen-bond acceptors (Lipinski definition) is 3. The molecule has 4 heteroatoms. The highest BCUT2D eigenvalue weighted by atomic mass is 16.5. The normalized spacial score (nSPS) is 14.4. The molecule has 1 aliphatic rings. The van der Waals surface area contributed by atoms with Gasteiger partial charge in [-0.1, -0.05) is 12.1 Å². The first-order valence-corrected chi connectivity index (χ1v) is 7.68. The number of fused-ring (bicyclic) bond motifs is 1. The molecule has 0 saturated carbocycles. The van der Waals surface area contributed by atoms with E-state index in [1.165, 1.54) is 30.4 Å². The van der Waals surface area contributed by atoms with Gasteiger partial charge in [-0.25, -0.2) is 0 Å². The Hall–Kier alpha value is -1.55. The lowest BCUT2D eigenvalue weighted by atomic mass is 9.96. The zero-order valence-electron chi connectivity index (χ0n) is 12.2. The molecule has 108 valence electrons. The molecule has 0 amide bonds. The van der Waals surface area contributed by atoms with Gasteiger partial charge >= 0.3 is 0 Å². The second-order valence-corrected chi connectivity index (χ2v) is 5.60. The summed E-state index contributed by atoms with van der Waals surface area (Å²) in [5, 5.41) is 7.69. The van der Waals surface area contributed by atoms with Crippen LogP contribution in [0.25, 0.3) is 0 Å². The van der Waals surface area contributed by atoms with Crippen molar-refractivity contribution >= 4 is 0 Å². The Bertz CT molecular complexity index is 556. The van der Waals surface area contributed by atoms with E-state index in [1.807, 2.05) is 0 Å². The van der Waals surface area contributed by atoms with Gasteiger partial charge in [-0.15, -0.1) is 0 Å². The summed E-state index contributed by atoms with van der Waals surface area (Å²) in [7, 11) is 0. The van der Waals surface area contributed by atoms with E-state index in [-0.39, 0.29) is 0 Å². The molecule has 20 heavy (non-hydrogen) atoms. The Morgan fingerprint density at radius 1 is 1.30 bits per heavy atom. The first-order chi connectivity index (χ1) is 9.86. The maximum Gasteiger partial charge on any atom is 0.140 e. The van der Waals surface area contributed by atoms with Crippen molar-refractivity contribution in [1.29, 1.82) is 0 Å². The molecule has 0 atom stereocenters. The third kappa shape index (κ3) is 2.96. The highest BCUT2D eigenvalue weighted by Crippen LogP contribution is 2.24. The minimum Gasteiger partial charge on any atom is -0.361 e. The Kier molecular flexibility index (Phi) is 4.21. The summed E-state index contributed by atoms with van der Waals surface area (Å²) in [6.45, 7) is 4.98. The van der Waals surface area contributed by atoms with Gasteiger partial charge in [0.1, 0.15) is 11.5 Å².